The maximum absolute atomic E-state index is 11.4. The highest BCUT2D eigenvalue weighted by atomic mass is 32.2. The third kappa shape index (κ3) is 2.19. The van der Waals surface area contributed by atoms with E-state index in [1.165, 1.54) is 11.4 Å². The van der Waals surface area contributed by atoms with Crippen molar-refractivity contribution in [2.75, 3.05) is 26.0 Å². The van der Waals surface area contributed by atoms with Crippen LogP contribution in [-0.4, -0.2) is 56.0 Å². The van der Waals surface area contributed by atoms with Crippen molar-refractivity contribution in [1.82, 2.24) is 4.31 Å². The van der Waals surface area contributed by atoms with Crippen molar-refractivity contribution < 1.29 is 18.3 Å². The zero-order valence-electron chi connectivity index (χ0n) is 7.80. The molecule has 0 unspecified atom stereocenters. The first kappa shape index (κ1) is 10.9. The average molecular weight is 209 g/mol. The number of aliphatic hydroxyl groups is 1. The summed E-state index contributed by atoms with van der Waals surface area (Å²) >= 11 is 0. The number of likely N-dealkylation sites (N-methyl/N-ethyl adjacent to an activating group) is 1. The van der Waals surface area contributed by atoms with Gasteiger partial charge in [-0.15, -0.1) is 0 Å². The SMILES string of the molecule is CCS(=O)(=O)N(C)[C@@H]1COC[C@H]1O. The highest BCUT2D eigenvalue weighted by Gasteiger charge is 2.34. The number of sulfonamides is 1. The Balaban J connectivity index is 2.72. The molecule has 1 aliphatic heterocycles. The minimum atomic E-state index is -3.22. The predicted molar refractivity (Wildman–Crippen MR) is 47.8 cm³/mol. The van der Waals surface area contributed by atoms with E-state index in [2.05, 4.69) is 0 Å². The zero-order valence-corrected chi connectivity index (χ0v) is 8.62. The summed E-state index contributed by atoms with van der Waals surface area (Å²) in [5.74, 6) is 0.0483. The van der Waals surface area contributed by atoms with Crippen molar-refractivity contribution in [3.05, 3.63) is 0 Å². The molecule has 0 saturated carbocycles. The fourth-order valence-corrected chi connectivity index (χ4v) is 2.31. The molecule has 1 N–H and O–H groups in total. The first-order chi connectivity index (χ1) is 5.99. The van der Waals surface area contributed by atoms with Crippen LogP contribution in [0.1, 0.15) is 6.92 Å². The number of hydrogen-bond acceptors (Lipinski definition) is 4. The zero-order chi connectivity index (χ0) is 10.1. The molecule has 0 aromatic rings. The molecule has 1 heterocycles. The molecule has 5 nitrogen and oxygen atoms in total. The van der Waals surface area contributed by atoms with E-state index >= 15 is 0 Å². The molecule has 0 aromatic carbocycles. The van der Waals surface area contributed by atoms with Crippen LogP contribution in [0.15, 0.2) is 0 Å². The Morgan fingerprint density at radius 3 is 2.54 bits per heavy atom. The van der Waals surface area contributed by atoms with E-state index in [1.54, 1.807) is 6.92 Å². The third-order valence-electron chi connectivity index (χ3n) is 2.29. The van der Waals surface area contributed by atoms with Crippen molar-refractivity contribution in [2.45, 2.75) is 19.1 Å². The Bertz CT molecular complexity index is 264. The predicted octanol–water partition coefficient (Wildman–Crippen LogP) is -0.972. The van der Waals surface area contributed by atoms with Crippen LogP contribution in [-0.2, 0) is 14.8 Å². The van der Waals surface area contributed by atoms with Crippen LogP contribution in [0.4, 0.5) is 0 Å². The number of hydrogen-bond donors (Lipinski definition) is 1. The lowest BCUT2D eigenvalue weighted by Crippen LogP contribution is -2.44. The summed E-state index contributed by atoms with van der Waals surface area (Å²) in [6.45, 7) is 2.07. The van der Waals surface area contributed by atoms with Crippen molar-refractivity contribution in [1.29, 1.82) is 0 Å². The van der Waals surface area contributed by atoms with Gasteiger partial charge >= 0.3 is 0 Å². The van der Waals surface area contributed by atoms with E-state index in [0.29, 0.717) is 0 Å². The number of aliphatic hydroxyl groups excluding tert-OH is 1. The topological polar surface area (TPSA) is 66.8 Å². The van der Waals surface area contributed by atoms with Gasteiger partial charge in [0.25, 0.3) is 0 Å². The van der Waals surface area contributed by atoms with Gasteiger partial charge in [0.2, 0.25) is 10.0 Å². The first-order valence-electron chi connectivity index (χ1n) is 4.20. The van der Waals surface area contributed by atoms with E-state index in [0.717, 1.165) is 0 Å². The molecule has 1 fully saturated rings. The van der Waals surface area contributed by atoms with Gasteiger partial charge in [-0.25, -0.2) is 8.42 Å². The van der Waals surface area contributed by atoms with E-state index in [9.17, 15) is 13.5 Å². The maximum Gasteiger partial charge on any atom is 0.213 e. The van der Waals surface area contributed by atoms with Crippen LogP contribution in [0.5, 0.6) is 0 Å². The van der Waals surface area contributed by atoms with Gasteiger partial charge in [-0.05, 0) is 6.92 Å². The lowest BCUT2D eigenvalue weighted by Gasteiger charge is -2.24. The van der Waals surface area contributed by atoms with Gasteiger partial charge in [-0.1, -0.05) is 0 Å². The summed E-state index contributed by atoms with van der Waals surface area (Å²) in [7, 11) is -1.75. The normalized spacial score (nSPS) is 29.8. The largest absolute Gasteiger partial charge is 0.389 e. The minimum Gasteiger partial charge on any atom is -0.389 e. The molecule has 0 spiro atoms. The Hall–Kier alpha value is -0.170. The molecule has 0 amide bonds. The molecular weight excluding hydrogens is 194 g/mol. The molecule has 78 valence electrons. The summed E-state index contributed by atoms with van der Waals surface area (Å²) in [5, 5.41) is 9.39. The van der Waals surface area contributed by atoms with E-state index < -0.39 is 22.2 Å². The second-order valence-corrected chi connectivity index (χ2v) is 5.41. The van der Waals surface area contributed by atoms with Crippen LogP contribution in [0.25, 0.3) is 0 Å². The smallest absolute Gasteiger partial charge is 0.213 e. The molecule has 1 rings (SSSR count). The van der Waals surface area contributed by atoms with Gasteiger partial charge in [0.15, 0.2) is 0 Å². The lowest BCUT2D eigenvalue weighted by molar-refractivity contribution is 0.115. The van der Waals surface area contributed by atoms with Gasteiger partial charge < -0.3 is 9.84 Å². The second-order valence-electron chi connectivity index (χ2n) is 3.09. The summed E-state index contributed by atoms with van der Waals surface area (Å²) in [5.41, 5.74) is 0. The van der Waals surface area contributed by atoms with Gasteiger partial charge in [-0.2, -0.15) is 4.31 Å². The Morgan fingerprint density at radius 1 is 1.54 bits per heavy atom. The average Bonchev–Trinajstić information content (AvgIpc) is 2.50. The van der Waals surface area contributed by atoms with E-state index in [4.69, 9.17) is 4.74 Å². The lowest BCUT2D eigenvalue weighted by atomic mass is 10.2. The molecular formula is C7H15NO4S. The molecule has 0 aromatic heterocycles. The van der Waals surface area contributed by atoms with Crippen LogP contribution < -0.4 is 0 Å². The van der Waals surface area contributed by atoms with Gasteiger partial charge in [0, 0.05) is 7.05 Å². The van der Waals surface area contributed by atoms with Gasteiger partial charge in [-0.3, -0.25) is 0 Å². The molecule has 0 bridgehead atoms. The Morgan fingerprint density at radius 2 is 2.15 bits per heavy atom. The van der Waals surface area contributed by atoms with Gasteiger partial charge in [0.05, 0.1) is 31.1 Å². The highest BCUT2D eigenvalue weighted by molar-refractivity contribution is 7.89. The van der Waals surface area contributed by atoms with Crippen molar-refractivity contribution in [3.63, 3.8) is 0 Å². The number of rotatable bonds is 3. The van der Waals surface area contributed by atoms with Crippen LogP contribution in [0.2, 0.25) is 0 Å². The highest BCUT2D eigenvalue weighted by Crippen LogP contribution is 2.14. The molecule has 6 heteroatoms. The molecule has 13 heavy (non-hydrogen) atoms. The summed E-state index contributed by atoms with van der Waals surface area (Å²) in [6, 6.07) is -0.426. The number of ether oxygens (including phenoxy) is 1. The van der Waals surface area contributed by atoms with E-state index in [-0.39, 0.29) is 19.0 Å². The van der Waals surface area contributed by atoms with Crippen molar-refractivity contribution >= 4 is 10.0 Å². The van der Waals surface area contributed by atoms with Gasteiger partial charge in [0.1, 0.15) is 0 Å². The monoisotopic (exact) mass is 209 g/mol. The maximum atomic E-state index is 11.4. The van der Waals surface area contributed by atoms with Crippen molar-refractivity contribution in [2.24, 2.45) is 0 Å². The van der Waals surface area contributed by atoms with Crippen LogP contribution in [0, 0.1) is 0 Å². The first-order valence-corrected chi connectivity index (χ1v) is 5.81. The van der Waals surface area contributed by atoms with Crippen LogP contribution >= 0.6 is 0 Å². The molecule has 1 aliphatic rings. The fraction of sp³-hybridized carbons (Fsp3) is 1.00. The molecule has 0 aliphatic carbocycles. The molecule has 1 saturated heterocycles. The fourth-order valence-electron chi connectivity index (χ4n) is 1.29. The summed E-state index contributed by atoms with van der Waals surface area (Å²) < 4.78 is 29.0. The summed E-state index contributed by atoms with van der Waals surface area (Å²) in [4.78, 5) is 0. The number of nitrogens with zero attached hydrogens (tertiary/aromatic N) is 1. The Labute approximate surface area is 78.4 Å². The second kappa shape index (κ2) is 3.91. The van der Waals surface area contributed by atoms with Crippen molar-refractivity contribution in [3.8, 4) is 0 Å². The standard InChI is InChI=1S/C7H15NO4S/c1-3-13(10,11)8(2)6-4-12-5-7(6)9/h6-7,9H,3-5H2,1-2H3/t6-,7-/m1/s1. The molecule has 0 radical (unpaired) electrons. The Kier molecular flexibility index (Phi) is 3.28. The third-order valence-corrected chi connectivity index (χ3v) is 4.17. The minimum absolute atomic E-state index is 0.0483. The summed E-state index contributed by atoms with van der Waals surface area (Å²) in [6.07, 6.45) is -0.702. The molecule has 2 atom stereocenters. The van der Waals surface area contributed by atoms with Crippen LogP contribution in [0.3, 0.4) is 0 Å². The van der Waals surface area contributed by atoms with E-state index in [1.807, 2.05) is 0 Å². The quantitative estimate of drug-likeness (QED) is 0.649.